The molecule has 1 fully saturated rings. The van der Waals surface area contributed by atoms with Crippen LogP contribution in [0.4, 0.5) is 0 Å². The van der Waals surface area contributed by atoms with E-state index in [2.05, 4.69) is 85.9 Å². The molecule has 0 amide bonds. The monoisotopic (exact) mass is 949 g/mol. The molecule has 14 nitrogen and oxygen atoms in total. The van der Waals surface area contributed by atoms with Crippen molar-refractivity contribution in [1.82, 2.24) is 0 Å². The Labute approximate surface area is 394 Å². The Hall–Kier alpha value is -3.53. The number of ether oxygens (including phenoxy) is 2. The highest BCUT2D eigenvalue weighted by Crippen LogP contribution is 2.47. The second-order valence-corrected chi connectivity index (χ2v) is 17.4. The minimum absolute atomic E-state index is 0.0506. The van der Waals surface area contributed by atoms with Crippen molar-refractivity contribution in [3.8, 4) is 0 Å². The molecule has 3 unspecified atom stereocenters. The van der Waals surface area contributed by atoms with Gasteiger partial charge in [0.1, 0.15) is 43.2 Å². The van der Waals surface area contributed by atoms with Crippen molar-refractivity contribution in [1.29, 1.82) is 0 Å². The van der Waals surface area contributed by atoms with Crippen LogP contribution in [0.2, 0.25) is 0 Å². The van der Waals surface area contributed by atoms with Crippen LogP contribution in [0.25, 0.3) is 0 Å². The van der Waals surface area contributed by atoms with Crippen LogP contribution in [0.15, 0.2) is 109 Å². The average Bonchev–Trinajstić information content (AvgIpc) is 3.30. The van der Waals surface area contributed by atoms with E-state index in [0.29, 0.717) is 25.7 Å². The SMILES string of the molecule is CCCCC/C=C\C/C=C\C/C=C\C/C=C\C/C=C\CCC(=O)O[C@H](COC(=O)CCC/C=C\C/C=C\C/C=C\C/C=C\CCCCCO)COP(=O)(O)OC1[C@H](O)[C@H](O)C(O)[C@H](O)[C@H]1O. The number of carbonyl (C=O) groups is 2. The van der Waals surface area contributed by atoms with Crippen molar-refractivity contribution in [2.75, 3.05) is 19.8 Å². The lowest BCUT2D eigenvalue weighted by Gasteiger charge is -2.41. The number of phosphoric acid groups is 1. The van der Waals surface area contributed by atoms with Crippen molar-refractivity contribution in [2.45, 2.75) is 178 Å². The molecule has 374 valence electrons. The summed E-state index contributed by atoms with van der Waals surface area (Å²) in [6.45, 7) is 1.15. The molecule has 1 saturated carbocycles. The molecule has 0 aliphatic heterocycles. The highest BCUT2D eigenvalue weighted by atomic mass is 31.2. The standard InChI is InChI=1S/C51H81O14P/c1-2-3-4-5-6-7-8-9-10-11-12-14-18-21-24-27-30-33-36-39-45(54)64-43(42-63-66(60,61)65-51-49(58)47(56)46(55)48(57)50(51)59)41-62-44(53)38-35-32-29-26-23-20-17-15-13-16-19-22-25-28-31-34-37-40-52/h6-7,9-10,12-14,16-17,20-22,24-26,29-30,33,43,46-52,55-59H,2-5,8,11,15,18-19,23,27-28,31-32,34-42H2,1H3,(H,60,61)/b7-6-,10-9-,14-12-,16-13-,20-17-,24-21-,25-22-,29-26-,33-30-/t43-,46?,47-,48+,49-,50-,51?/m1/s1. The third-order valence-corrected chi connectivity index (χ3v) is 11.1. The summed E-state index contributed by atoms with van der Waals surface area (Å²) in [7, 11) is -5.17. The van der Waals surface area contributed by atoms with Gasteiger partial charge in [-0.25, -0.2) is 4.57 Å². The van der Waals surface area contributed by atoms with Gasteiger partial charge in [-0.2, -0.15) is 0 Å². The van der Waals surface area contributed by atoms with Crippen LogP contribution in [-0.2, 0) is 32.7 Å². The molecule has 0 radical (unpaired) electrons. The summed E-state index contributed by atoms with van der Waals surface area (Å²) in [6, 6.07) is 0. The molecule has 8 atom stereocenters. The number of rotatable bonds is 38. The number of hydrogen-bond acceptors (Lipinski definition) is 13. The fourth-order valence-electron chi connectivity index (χ4n) is 6.30. The van der Waals surface area contributed by atoms with Crippen molar-refractivity contribution < 1.29 is 68.2 Å². The summed E-state index contributed by atoms with van der Waals surface area (Å²) >= 11 is 0. The predicted molar refractivity (Wildman–Crippen MR) is 259 cm³/mol. The van der Waals surface area contributed by atoms with Gasteiger partial charge in [0.25, 0.3) is 0 Å². The van der Waals surface area contributed by atoms with Gasteiger partial charge in [0.2, 0.25) is 0 Å². The quantitative estimate of drug-likeness (QED) is 0.0133. The first kappa shape index (κ1) is 60.5. The van der Waals surface area contributed by atoms with Gasteiger partial charge in [-0.15, -0.1) is 0 Å². The maximum absolute atomic E-state index is 12.8. The summed E-state index contributed by atoms with van der Waals surface area (Å²) in [4.78, 5) is 35.7. The lowest BCUT2D eigenvalue weighted by Crippen LogP contribution is -2.64. The number of hydrogen-bond donors (Lipinski definition) is 7. The molecule has 0 spiro atoms. The summed E-state index contributed by atoms with van der Waals surface area (Å²) < 4.78 is 33.4. The normalized spacial score (nSPS) is 22.2. The first-order chi connectivity index (χ1) is 31.9. The second-order valence-electron chi connectivity index (χ2n) is 16.0. The maximum Gasteiger partial charge on any atom is 0.472 e. The number of aliphatic hydroxyl groups is 6. The van der Waals surface area contributed by atoms with E-state index in [4.69, 9.17) is 23.6 Å². The largest absolute Gasteiger partial charge is 0.472 e. The molecule has 1 aliphatic rings. The molecule has 15 heteroatoms. The Bertz CT molecular complexity index is 1560. The lowest BCUT2D eigenvalue weighted by atomic mass is 9.85. The van der Waals surface area contributed by atoms with Crippen LogP contribution in [0.5, 0.6) is 0 Å². The van der Waals surface area contributed by atoms with Crippen LogP contribution >= 0.6 is 7.82 Å². The first-order valence-corrected chi connectivity index (χ1v) is 25.3. The van der Waals surface area contributed by atoms with E-state index >= 15 is 0 Å². The van der Waals surface area contributed by atoms with Crippen LogP contribution in [0.3, 0.4) is 0 Å². The number of carbonyl (C=O) groups excluding carboxylic acids is 2. The zero-order valence-electron chi connectivity index (χ0n) is 39.1. The van der Waals surface area contributed by atoms with E-state index in [0.717, 1.165) is 70.6 Å². The number of aliphatic hydroxyl groups excluding tert-OH is 6. The summed E-state index contributed by atoms with van der Waals surface area (Å²) in [6.07, 6.45) is 40.2. The van der Waals surface area contributed by atoms with E-state index in [-0.39, 0.29) is 19.4 Å². The topological polar surface area (TPSA) is 230 Å². The lowest BCUT2D eigenvalue weighted by molar-refractivity contribution is -0.220. The Kier molecular flexibility index (Phi) is 37.1. The average molecular weight is 949 g/mol. The van der Waals surface area contributed by atoms with Gasteiger partial charge in [-0.05, 0) is 96.3 Å². The van der Waals surface area contributed by atoms with Crippen LogP contribution < -0.4 is 0 Å². The van der Waals surface area contributed by atoms with Crippen molar-refractivity contribution in [3.05, 3.63) is 109 Å². The Morgan fingerprint density at radius 2 is 0.909 bits per heavy atom. The maximum atomic E-state index is 12.8. The minimum atomic E-state index is -5.17. The van der Waals surface area contributed by atoms with E-state index in [1.807, 2.05) is 30.4 Å². The predicted octanol–water partition coefficient (Wildman–Crippen LogP) is 8.58. The highest BCUT2D eigenvalue weighted by molar-refractivity contribution is 7.47. The molecule has 1 rings (SSSR count). The number of esters is 2. The number of allylic oxidation sites excluding steroid dienone is 18. The molecule has 0 aromatic heterocycles. The van der Waals surface area contributed by atoms with Gasteiger partial charge >= 0.3 is 19.8 Å². The molecule has 1 aliphatic carbocycles. The second kappa shape index (κ2) is 40.5. The minimum Gasteiger partial charge on any atom is -0.462 e. The van der Waals surface area contributed by atoms with Gasteiger partial charge in [-0.3, -0.25) is 18.6 Å². The molecule has 0 aromatic carbocycles. The smallest absolute Gasteiger partial charge is 0.462 e. The molecule has 0 bridgehead atoms. The highest BCUT2D eigenvalue weighted by Gasteiger charge is 2.51. The van der Waals surface area contributed by atoms with E-state index in [9.17, 15) is 44.6 Å². The molecular weight excluding hydrogens is 868 g/mol. The van der Waals surface area contributed by atoms with E-state index in [1.165, 1.54) is 19.3 Å². The van der Waals surface area contributed by atoms with Crippen LogP contribution in [-0.4, -0.2) is 110 Å². The summed E-state index contributed by atoms with van der Waals surface area (Å²) in [5.41, 5.74) is 0. The van der Waals surface area contributed by atoms with Crippen LogP contribution in [0.1, 0.15) is 135 Å². The fourth-order valence-corrected chi connectivity index (χ4v) is 7.27. The van der Waals surface area contributed by atoms with Gasteiger partial charge in [0.05, 0.1) is 6.61 Å². The van der Waals surface area contributed by atoms with E-state index in [1.54, 1.807) is 0 Å². The summed E-state index contributed by atoms with van der Waals surface area (Å²) in [5, 5.41) is 59.0. The molecule has 0 aromatic rings. The van der Waals surface area contributed by atoms with Gasteiger partial charge in [0, 0.05) is 19.4 Å². The van der Waals surface area contributed by atoms with Crippen molar-refractivity contribution in [2.24, 2.45) is 0 Å². The molecule has 0 saturated heterocycles. The molecule has 66 heavy (non-hydrogen) atoms. The Morgan fingerprint density at radius 3 is 1.36 bits per heavy atom. The number of unbranched alkanes of at least 4 members (excludes halogenated alkanes) is 7. The molecule has 7 N–H and O–H groups in total. The number of phosphoric ester groups is 1. The molecule has 0 heterocycles. The van der Waals surface area contributed by atoms with Gasteiger partial charge in [0.15, 0.2) is 6.10 Å². The van der Waals surface area contributed by atoms with Crippen molar-refractivity contribution >= 4 is 19.8 Å². The van der Waals surface area contributed by atoms with Crippen molar-refractivity contribution in [3.63, 3.8) is 0 Å². The third kappa shape index (κ3) is 32.2. The summed E-state index contributed by atoms with van der Waals surface area (Å²) in [5.74, 6) is -1.29. The first-order valence-electron chi connectivity index (χ1n) is 23.8. The fraction of sp³-hybridized carbons (Fsp3) is 0.608. The van der Waals surface area contributed by atoms with Crippen LogP contribution in [0, 0.1) is 0 Å². The zero-order valence-corrected chi connectivity index (χ0v) is 40.0. The third-order valence-electron chi connectivity index (χ3n) is 10.2. The Balaban J connectivity index is 2.55. The molecular formula is C51H81O14P. The van der Waals surface area contributed by atoms with Gasteiger partial charge in [-0.1, -0.05) is 136 Å². The zero-order chi connectivity index (χ0) is 48.5. The van der Waals surface area contributed by atoms with E-state index < -0.39 is 75.7 Å². The Morgan fingerprint density at radius 1 is 0.500 bits per heavy atom. The van der Waals surface area contributed by atoms with Gasteiger partial charge < -0.3 is 45.0 Å².